The lowest BCUT2D eigenvalue weighted by molar-refractivity contribution is 0.101. The summed E-state index contributed by atoms with van der Waals surface area (Å²) in [5.41, 5.74) is 1.19. The molecular weight excluding hydrogens is 156 g/mol. The number of ketones is 1. The highest BCUT2D eigenvalue weighted by Crippen LogP contribution is 2.14. The second-order valence-electron chi connectivity index (χ2n) is 2.46. The summed E-state index contributed by atoms with van der Waals surface area (Å²) in [5, 5.41) is 7.49. The first-order valence-corrected chi connectivity index (χ1v) is 3.54. The number of carbonyl (C=O) groups excluding carboxylic acids is 1. The van der Waals surface area contributed by atoms with E-state index in [1.54, 1.807) is 13.0 Å². The lowest BCUT2D eigenvalue weighted by Gasteiger charge is -2.02. The van der Waals surface area contributed by atoms with Crippen LogP contribution in [-0.4, -0.2) is 23.1 Å². The monoisotopic (exact) mass is 166 g/mol. The first-order valence-electron chi connectivity index (χ1n) is 3.54. The molecule has 0 aliphatic rings. The van der Waals surface area contributed by atoms with Crippen molar-refractivity contribution >= 4 is 5.78 Å². The van der Waals surface area contributed by atoms with E-state index in [0.29, 0.717) is 11.3 Å². The molecule has 0 radical (unpaired) electrons. The Balaban J connectivity index is 3.21. The Morgan fingerprint density at radius 2 is 2.17 bits per heavy atom. The third-order valence-corrected chi connectivity index (χ3v) is 1.45. The Labute approximate surface area is 70.6 Å². The number of hydrogen-bond donors (Lipinski definition) is 0. The van der Waals surface area contributed by atoms with Crippen molar-refractivity contribution < 1.29 is 9.53 Å². The summed E-state index contributed by atoms with van der Waals surface area (Å²) in [5.74, 6) is 0.220. The van der Waals surface area contributed by atoms with E-state index in [2.05, 4.69) is 10.2 Å². The maximum Gasteiger partial charge on any atom is 0.244 e. The van der Waals surface area contributed by atoms with Crippen LogP contribution < -0.4 is 4.74 Å². The van der Waals surface area contributed by atoms with Crippen molar-refractivity contribution in [3.8, 4) is 5.88 Å². The topological polar surface area (TPSA) is 52.1 Å². The predicted molar refractivity (Wildman–Crippen MR) is 43.3 cm³/mol. The summed E-state index contributed by atoms with van der Waals surface area (Å²) < 4.78 is 4.87. The molecule has 12 heavy (non-hydrogen) atoms. The molecule has 0 fully saturated rings. The van der Waals surface area contributed by atoms with E-state index in [1.807, 2.05) is 0 Å². The molecule has 0 saturated carbocycles. The van der Waals surface area contributed by atoms with Gasteiger partial charge in [0.05, 0.1) is 18.4 Å². The number of ether oxygens (including phenoxy) is 1. The second kappa shape index (κ2) is 3.30. The first-order chi connectivity index (χ1) is 5.65. The molecule has 0 spiro atoms. The van der Waals surface area contributed by atoms with Crippen LogP contribution in [0.2, 0.25) is 0 Å². The smallest absolute Gasteiger partial charge is 0.244 e. The molecule has 0 aliphatic heterocycles. The van der Waals surface area contributed by atoms with E-state index in [1.165, 1.54) is 14.0 Å². The summed E-state index contributed by atoms with van der Waals surface area (Å²) >= 11 is 0. The van der Waals surface area contributed by atoms with E-state index in [0.717, 1.165) is 0 Å². The van der Waals surface area contributed by atoms with Gasteiger partial charge in [-0.3, -0.25) is 4.79 Å². The van der Waals surface area contributed by atoms with Gasteiger partial charge in [0.15, 0.2) is 5.78 Å². The zero-order valence-electron chi connectivity index (χ0n) is 7.29. The Bertz CT molecular complexity index is 310. The number of aryl methyl sites for hydroxylation is 1. The highest BCUT2D eigenvalue weighted by Gasteiger charge is 2.09. The Morgan fingerprint density at radius 1 is 1.50 bits per heavy atom. The van der Waals surface area contributed by atoms with E-state index in [-0.39, 0.29) is 11.7 Å². The van der Waals surface area contributed by atoms with Gasteiger partial charge in [-0.15, -0.1) is 5.10 Å². The molecule has 0 N–H and O–H groups in total. The molecule has 0 saturated heterocycles. The molecule has 1 heterocycles. The summed E-state index contributed by atoms with van der Waals surface area (Å²) in [6.07, 6.45) is 0. The highest BCUT2D eigenvalue weighted by atomic mass is 16.5. The molecule has 0 aliphatic carbocycles. The fraction of sp³-hybridized carbons (Fsp3) is 0.375. The normalized spacial score (nSPS) is 9.58. The van der Waals surface area contributed by atoms with Gasteiger partial charge < -0.3 is 4.74 Å². The van der Waals surface area contributed by atoms with Gasteiger partial charge in [-0.1, -0.05) is 0 Å². The average molecular weight is 166 g/mol. The van der Waals surface area contributed by atoms with Crippen molar-refractivity contribution in [1.82, 2.24) is 10.2 Å². The molecule has 0 atom stereocenters. The van der Waals surface area contributed by atoms with Crippen molar-refractivity contribution in [2.45, 2.75) is 13.8 Å². The molecule has 0 bridgehead atoms. The number of hydrogen-bond acceptors (Lipinski definition) is 4. The number of Topliss-reactive ketones (excluding diaryl/α,β-unsaturated/α-hetero) is 1. The molecule has 4 heteroatoms. The van der Waals surface area contributed by atoms with Crippen LogP contribution in [0, 0.1) is 6.92 Å². The first kappa shape index (κ1) is 8.64. The minimum absolute atomic E-state index is 0.0650. The molecule has 64 valence electrons. The van der Waals surface area contributed by atoms with Gasteiger partial charge in [0.1, 0.15) is 0 Å². The van der Waals surface area contributed by atoms with Crippen molar-refractivity contribution in [1.29, 1.82) is 0 Å². The molecule has 4 nitrogen and oxygen atoms in total. The quantitative estimate of drug-likeness (QED) is 0.615. The number of methoxy groups -OCH3 is 1. The number of carbonyl (C=O) groups is 1. The minimum Gasteiger partial charge on any atom is -0.479 e. The maximum absolute atomic E-state index is 11.0. The number of nitrogens with zero attached hydrogens (tertiary/aromatic N) is 2. The number of aromatic nitrogens is 2. The van der Waals surface area contributed by atoms with E-state index < -0.39 is 0 Å². The largest absolute Gasteiger partial charge is 0.479 e. The van der Waals surface area contributed by atoms with Gasteiger partial charge in [-0.2, -0.15) is 5.10 Å². The average Bonchev–Trinajstić information content (AvgIpc) is 2.04. The lowest BCUT2D eigenvalue weighted by atomic mass is 10.2. The van der Waals surface area contributed by atoms with Gasteiger partial charge in [-0.05, 0) is 19.9 Å². The van der Waals surface area contributed by atoms with Crippen molar-refractivity contribution in [3.63, 3.8) is 0 Å². The zero-order valence-corrected chi connectivity index (χ0v) is 7.29. The standard InChI is InChI=1S/C8H10N2O2/c1-5-4-7(6(2)11)8(12-3)10-9-5/h4H,1-3H3. The fourth-order valence-electron chi connectivity index (χ4n) is 0.881. The van der Waals surface area contributed by atoms with Crippen LogP contribution in [-0.2, 0) is 0 Å². The Kier molecular flexibility index (Phi) is 2.38. The van der Waals surface area contributed by atoms with Gasteiger partial charge in [0, 0.05) is 0 Å². The number of rotatable bonds is 2. The molecule has 0 amide bonds. The van der Waals surface area contributed by atoms with E-state index in [9.17, 15) is 4.79 Å². The SMILES string of the molecule is COc1nnc(C)cc1C(C)=O. The second-order valence-corrected chi connectivity index (χ2v) is 2.46. The summed E-state index contributed by atoms with van der Waals surface area (Å²) in [4.78, 5) is 11.0. The van der Waals surface area contributed by atoms with Crippen molar-refractivity contribution in [3.05, 3.63) is 17.3 Å². The third kappa shape index (κ3) is 1.58. The van der Waals surface area contributed by atoms with Crippen LogP contribution in [0.25, 0.3) is 0 Å². The van der Waals surface area contributed by atoms with Crippen LogP contribution >= 0.6 is 0 Å². The molecule has 0 unspecified atom stereocenters. The van der Waals surface area contributed by atoms with Gasteiger partial charge >= 0.3 is 0 Å². The highest BCUT2D eigenvalue weighted by molar-refractivity contribution is 5.96. The Morgan fingerprint density at radius 3 is 2.67 bits per heavy atom. The molecule has 1 aromatic rings. The van der Waals surface area contributed by atoms with Crippen LogP contribution in [0.15, 0.2) is 6.07 Å². The zero-order chi connectivity index (χ0) is 9.14. The van der Waals surface area contributed by atoms with Crippen LogP contribution in [0.1, 0.15) is 23.0 Å². The Hall–Kier alpha value is -1.45. The van der Waals surface area contributed by atoms with Crippen LogP contribution in [0.3, 0.4) is 0 Å². The maximum atomic E-state index is 11.0. The summed E-state index contributed by atoms with van der Waals surface area (Å²) in [6, 6.07) is 1.66. The fourth-order valence-corrected chi connectivity index (χ4v) is 0.881. The minimum atomic E-state index is -0.0650. The van der Waals surface area contributed by atoms with Crippen LogP contribution in [0.5, 0.6) is 5.88 Å². The van der Waals surface area contributed by atoms with Crippen molar-refractivity contribution in [2.24, 2.45) is 0 Å². The van der Waals surface area contributed by atoms with Gasteiger partial charge in [0.2, 0.25) is 5.88 Å². The summed E-state index contributed by atoms with van der Waals surface area (Å²) in [7, 11) is 1.46. The summed E-state index contributed by atoms with van der Waals surface area (Å²) in [6.45, 7) is 3.25. The van der Waals surface area contributed by atoms with Crippen LogP contribution in [0.4, 0.5) is 0 Å². The lowest BCUT2D eigenvalue weighted by Crippen LogP contribution is -2.02. The van der Waals surface area contributed by atoms with Crippen molar-refractivity contribution in [2.75, 3.05) is 7.11 Å². The molecule has 1 rings (SSSR count). The van der Waals surface area contributed by atoms with E-state index in [4.69, 9.17) is 4.74 Å². The molecule has 0 aromatic carbocycles. The predicted octanol–water partition coefficient (Wildman–Crippen LogP) is 0.996. The van der Waals surface area contributed by atoms with Gasteiger partial charge in [0.25, 0.3) is 0 Å². The molecule has 1 aromatic heterocycles. The van der Waals surface area contributed by atoms with Gasteiger partial charge in [-0.25, -0.2) is 0 Å². The molecular formula is C8H10N2O2. The van der Waals surface area contributed by atoms with E-state index >= 15 is 0 Å². The third-order valence-electron chi connectivity index (χ3n) is 1.45.